The number of benzene rings is 2. The van der Waals surface area contributed by atoms with E-state index >= 15 is 0 Å². The van der Waals surface area contributed by atoms with E-state index in [4.69, 9.17) is 4.74 Å². The Kier molecular flexibility index (Phi) is 6.83. The second-order valence-corrected chi connectivity index (χ2v) is 7.86. The smallest absolute Gasteiger partial charge is 0.338 e. The highest BCUT2D eigenvalue weighted by molar-refractivity contribution is 7.90. The number of hydrogen-bond acceptors (Lipinski definition) is 7. The molecule has 0 bridgehead atoms. The molecule has 0 unspecified atom stereocenters. The van der Waals surface area contributed by atoms with E-state index in [1.165, 1.54) is 0 Å². The molecule has 148 valence electrons. The molecule has 0 saturated heterocycles. The maximum atomic E-state index is 12.0. The molecule has 28 heavy (non-hydrogen) atoms. The summed E-state index contributed by atoms with van der Waals surface area (Å²) in [5.74, 6) is -1.49. The van der Waals surface area contributed by atoms with E-state index in [0.717, 1.165) is 30.0 Å². The van der Waals surface area contributed by atoms with Gasteiger partial charge in [0.2, 0.25) is 0 Å². The Morgan fingerprint density at radius 1 is 1.14 bits per heavy atom. The summed E-state index contributed by atoms with van der Waals surface area (Å²) in [6, 6.07) is 12.3. The lowest BCUT2D eigenvalue weighted by Crippen LogP contribution is -2.30. The highest BCUT2D eigenvalue weighted by Gasteiger charge is 2.24. The fourth-order valence-corrected chi connectivity index (χ4v) is 3.19. The van der Waals surface area contributed by atoms with Gasteiger partial charge in [-0.15, -0.1) is 0 Å². The molecule has 2 aromatic carbocycles. The molecule has 2 rings (SSSR count). The van der Waals surface area contributed by atoms with E-state index < -0.39 is 43.8 Å². The highest BCUT2D eigenvalue weighted by Crippen LogP contribution is 2.25. The van der Waals surface area contributed by atoms with Crippen molar-refractivity contribution < 1.29 is 27.7 Å². The Morgan fingerprint density at radius 2 is 1.82 bits per heavy atom. The van der Waals surface area contributed by atoms with Gasteiger partial charge in [0.25, 0.3) is 11.6 Å². The summed E-state index contributed by atoms with van der Waals surface area (Å²) in [6.45, 7) is -0.204. The van der Waals surface area contributed by atoms with Crippen LogP contribution in [0.4, 0.5) is 5.69 Å². The van der Waals surface area contributed by atoms with Crippen LogP contribution in [0.25, 0.3) is 0 Å². The van der Waals surface area contributed by atoms with E-state index in [1.54, 1.807) is 0 Å². The van der Waals surface area contributed by atoms with Crippen molar-refractivity contribution in [3.8, 4) is 0 Å². The van der Waals surface area contributed by atoms with E-state index in [9.17, 15) is 28.1 Å². The molecule has 0 fully saturated rings. The number of carbonyl (C=O) groups excluding carboxylic acids is 2. The third-order valence-corrected chi connectivity index (χ3v) is 4.85. The van der Waals surface area contributed by atoms with E-state index in [0.29, 0.717) is 13.0 Å². The molecule has 0 saturated carbocycles. The Morgan fingerprint density at radius 3 is 2.43 bits per heavy atom. The zero-order valence-electron chi connectivity index (χ0n) is 15.0. The number of nitro benzene ring substituents is 1. The van der Waals surface area contributed by atoms with Gasteiger partial charge in [-0.3, -0.25) is 14.9 Å². The molecular weight excluding hydrogens is 388 g/mol. The first-order valence-electron chi connectivity index (χ1n) is 8.14. The largest absolute Gasteiger partial charge is 0.452 e. The van der Waals surface area contributed by atoms with Crippen LogP contribution in [0.5, 0.6) is 0 Å². The summed E-state index contributed by atoms with van der Waals surface area (Å²) in [5, 5.41) is 13.7. The van der Waals surface area contributed by atoms with Crippen LogP contribution >= 0.6 is 0 Å². The lowest BCUT2D eigenvalue weighted by atomic mass is 10.1. The second kappa shape index (κ2) is 9.09. The number of hydrogen-bond donors (Lipinski definition) is 1. The Bertz CT molecular complexity index is 988. The first-order chi connectivity index (χ1) is 13.2. The molecular formula is C18H18N2O7S. The maximum absolute atomic E-state index is 12.0. The first-order valence-corrected chi connectivity index (χ1v) is 10.0. The fourth-order valence-electron chi connectivity index (χ4n) is 2.36. The second-order valence-electron chi connectivity index (χ2n) is 5.87. The predicted octanol–water partition coefficient (Wildman–Crippen LogP) is 1.51. The third kappa shape index (κ3) is 5.88. The normalized spacial score (nSPS) is 10.9. The summed E-state index contributed by atoms with van der Waals surface area (Å²) < 4.78 is 28.0. The number of amides is 1. The first kappa shape index (κ1) is 21.0. The standard InChI is InChI=1S/C18H18N2O7S/c1-28(25,26)16-8-7-14(11-15(16)20(23)24)18(22)27-12-17(21)19-10-9-13-5-3-2-4-6-13/h2-8,11H,9-10,12H2,1H3,(H,19,21). The number of carbonyl (C=O) groups is 2. The van der Waals surface area contributed by atoms with Crippen molar-refractivity contribution in [2.45, 2.75) is 11.3 Å². The number of ether oxygens (including phenoxy) is 1. The molecule has 0 aromatic heterocycles. The van der Waals surface area contributed by atoms with E-state index in [-0.39, 0.29) is 5.56 Å². The van der Waals surface area contributed by atoms with Crippen molar-refractivity contribution >= 4 is 27.4 Å². The zero-order valence-corrected chi connectivity index (χ0v) is 15.8. The van der Waals surface area contributed by atoms with Gasteiger partial charge in [0, 0.05) is 18.9 Å². The number of nitrogens with zero attached hydrogens (tertiary/aromatic N) is 1. The molecule has 10 heteroatoms. The zero-order chi connectivity index (χ0) is 20.7. The minimum atomic E-state index is -3.84. The summed E-state index contributed by atoms with van der Waals surface area (Å²) in [6.07, 6.45) is 1.44. The lowest BCUT2D eigenvalue weighted by Gasteiger charge is -2.07. The predicted molar refractivity (Wildman–Crippen MR) is 99.6 cm³/mol. The molecule has 1 N–H and O–H groups in total. The van der Waals surface area contributed by atoms with Gasteiger partial charge in [-0.05, 0) is 24.1 Å². The van der Waals surface area contributed by atoms with Crippen LogP contribution in [0.2, 0.25) is 0 Å². The SMILES string of the molecule is CS(=O)(=O)c1ccc(C(=O)OCC(=O)NCCc2ccccc2)cc1[N+](=O)[O-]. The number of rotatable bonds is 8. The van der Waals surface area contributed by atoms with Gasteiger partial charge < -0.3 is 10.1 Å². The van der Waals surface area contributed by atoms with Crippen LogP contribution in [0, 0.1) is 10.1 Å². The summed E-state index contributed by atoms with van der Waals surface area (Å²) in [7, 11) is -3.84. The van der Waals surface area contributed by atoms with Crippen LogP contribution in [-0.2, 0) is 25.8 Å². The van der Waals surface area contributed by atoms with Crippen molar-refractivity contribution in [2.75, 3.05) is 19.4 Å². The van der Waals surface area contributed by atoms with Crippen molar-refractivity contribution in [3.05, 3.63) is 69.8 Å². The summed E-state index contributed by atoms with van der Waals surface area (Å²) >= 11 is 0. The average molecular weight is 406 g/mol. The van der Waals surface area contributed by atoms with Crippen molar-refractivity contribution in [1.29, 1.82) is 0 Å². The van der Waals surface area contributed by atoms with E-state index in [2.05, 4.69) is 5.32 Å². The molecule has 2 aromatic rings. The van der Waals surface area contributed by atoms with Gasteiger partial charge in [-0.1, -0.05) is 30.3 Å². The molecule has 0 aliphatic carbocycles. The number of nitro groups is 1. The fraction of sp³-hybridized carbons (Fsp3) is 0.222. The number of nitrogens with one attached hydrogen (secondary N) is 1. The Labute approximate surface area is 161 Å². The van der Waals surface area contributed by atoms with Crippen LogP contribution in [0.15, 0.2) is 53.4 Å². The molecule has 0 spiro atoms. The average Bonchev–Trinajstić information content (AvgIpc) is 2.65. The molecule has 0 radical (unpaired) electrons. The van der Waals surface area contributed by atoms with Crippen molar-refractivity contribution in [2.24, 2.45) is 0 Å². The van der Waals surface area contributed by atoms with Gasteiger partial charge in [0.15, 0.2) is 16.4 Å². The highest BCUT2D eigenvalue weighted by atomic mass is 32.2. The summed E-state index contributed by atoms with van der Waals surface area (Å²) in [5.41, 5.74) is 0.0820. The lowest BCUT2D eigenvalue weighted by molar-refractivity contribution is -0.387. The molecule has 0 aliphatic rings. The quantitative estimate of drug-likeness (QED) is 0.399. The number of esters is 1. The maximum Gasteiger partial charge on any atom is 0.338 e. The Balaban J connectivity index is 1.92. The van der Waals surface area contributed by atoms with Gasteiger partial charge >= 0.3 is 5.97 Å². The molecule has 1 amide bonds. The molecule has 9 nitrogen and oxygen atoms in total. The monoisotopic (exact) mass is 406 g/mol. The third-order valence-electron chi connectivity index (χ3n) is 3.70. The van der Waals surface area contributed by atoms with Crippen LogP contribution < -0.4 is 5.32 Å². The molecule has 0 atom stereocenters. The van der Waals surface area contributed by atoms with Gasteiger partial charge in [-0.2, -0.15) is 0 Å². The van der Waals surface area contributed by atoms with Crippen molar-refractivity contribution in [3.63, 3.8) is 0 Å². The minimum absolute atomic E-state index is 0.226. The van der Waals surface area contributed by atoms with Gasteiger partial charge in [-0.25, -0.2) is 13.2 Å². The van der Waals surface area contributed by atoms with Crippen molar-refractivity contribution in [1.82, 2.24) is 5.32 Å². The minimum Gasteiger partial charge on any atom is -0.452 e. The van der Waals surface area contributed by atoms with Gasteiger partial charge in [0.1, 0.15) is 4.90 Å². The number of sulfone groups is 1. The van der Waals surface area contributed by atoms with Crippen LogP contribution in [0.1, 0.15) is 15.9 Å². The van der Waals surface area contributed by atoms with Gasteiger partial charge in [0.05, 0.1) is 10.5 Å². The summed E-state index contributed by atoms with van der Waals surface area (Å²) in [4.78, 5) is 33.4. The van der Waals surface area contributed by atoms with E-state index in [1.807, 2.05) is 30.3 Å². The molecule has 0 aliphatic heterocycles. The van der Waals surface area contributed by atoms with Crippen LogP contribution in [0.3, 0.4) is 0 Å². The molecule has 0 heterocycles. The van der Waals surface area contributed by atoms with Crippen LogP contribution in [-0.4, -0.2) is 44.6 Å². The Hall–Kier alpha value is -3.27. The topological polar surface area (TPSA) is 133 Å².